The summed E-state index contributed by atoms with van der Waals surface area (Å²) in [6.07, 6.45) is 9.05. The second-order valence-electron chi connectivity index (χ2n) is 10.6. The molecule has 1 fully saturated rings. The molecule has 2 heterocycles. The van der Waals surface area contributed by atoms with Crippen molar-refractivity contribution >= 4 is 28.3 Å². The molecular weight excluding hydrogens is 500 g/mol. The lowest BCUT2D eigenvalue weighted by Gasteiger charge is -2.27. The minimum absolute atomic E-state index is 0.0825. The van der Waals surface area contributed by atoms with E-state index >= 15 is 0 Å². The largest absolute Gasteiger partial charge is 0.351 e. The minimum Gasteiger partial charge on any atom is -0.351 e. The van der Waals surface area contributed by atoms with Crippen molar-refractivity contribution < 1.29 is 4.79 Å². The fourth-order valence-corrected chi connectivity index (χ4v) is 6.65. The monoisotopic (exact) mass is 534 g/mol. The van der Waals surface area contributed by atoms with Crippen LogP contribution in [0.25, 0.3) is 11.0 Å². The van der Waals surface area contributed by atoms with Gasteiger partial charge in [-0.2, -0.15) is 0 Å². The van der Waals surface area contributed by atoms with Gasteiger partial charge in [-0.25, -0.2) is 9.97 Å². The number of amides is 1. The fraction of sp³-hybridized carbons (Fsp3) is 0.303. The van der Waals surface area contributed by atoms with Crippen LogP contribution >= 0.6 is 11.3 Å². The minimum atomic E-state index is -0.146. The van der Waals surface area contributed by atoms with Gasteiger partial charge in [-0.1, -0.05) is 92.4 Å². The highest BCUT2D eigenvalue weighted by molar-refractivity contribution is 7.07. The number of rotatable bonds is 8. The highest BCUT2D eigenvalue weighted by Crippen LogP contribution is 2.37. The van der Waals surface area contributed by atoms with Gasteiger partial charge in [0.15, 0.2) is 0 Å². The Morgan fingerprint density at radius 2 is 1.59 bits per heavy atom. The van der Waals surface area contributed by atoms with Crippen LogP contribution in [0.4, 0.5) is 0 Å². The van der Waals surface area contributed by atoms with Gasteiger partial charge in [0.2, 0.25) is 5.91 Å². The van der Waals surface area contributed by atoms with Crippen molar-refractivity contribution in [2.75, 3.05) is 0 Å². The summed E-state index contributed by atoms with van der Waals surface area (Å²) in [4.78, 5) is 23.1. The summed E-state index contributed by atoms with van der Waals surface area (Å²) >= 11 is 1.60. The van der Waals surface area contributed by atoms with Crippen molar-refractivity contribution in [2.24, 2.45) is 5.92 Å². The first-order chi connectivity index (χ1) is 19.3. The third kappa shape index (κ3) is 5.66. The zero-order chi connectivity index (χ0) is 26.4. The number of thiazole rings is 1. The molecule has 1 N–H and O–H groups in total. The smallest absolute Gasteiger partial charge is 0.228 e. The Labute approximate surface area is 234 Å². The van der Waals surface area contributed by atoms with Gasteiger partial charge in [-0.3, -0.25) is 4.79 Å². The first-order valence-electron chi connectivity index (χ1n) is 14.0. The van der Waals surface area contributed by atoms with Crippen molar-refractivity contribution in [3.63, 3.8) is 0 Å². The van der Waals surface area contributed by atoms with Crippen LogP contribution < -0.4 is 5.32 Å². The van der Waals surface area contributed by atoms with Gasteiger partial charge >= 0.3 is 0 Å². The van der Waals surface area contributed by atoms with Gasteiger partial charge in [0.05, 0.1) is 34.5 Å². The fourth-order valence-electron chi connectivity index (χ4n) is 6.08. The SMILES string of the molecule is O=C(NCc1ccccc1)C(c1ccc(C(c2cscn2)n2cnc3ccccc32)cc1)C1CCCCCC1. The molecule has 1 aliphatic rings. The summed E-state index contributed by atoms with van der Waals surface area (Å²) in [6.45, 7) is 0.556. The molecule has 198 valence electrons. The van der Waals surface area contributed by atoms with Gasteiger partial charge < -0.3 is 9.88 Å². The van der Waals surface area contributed by atoms with Gasteiger partial charge in [0.1, 0.15) is 6.04 Å². The summed E-state index contributed by atoms with van der Waals surface area (Å²) in [5, 5.41) is 5.37. The van der Waals surface area contributed by atoms with E-state index in [9.17, 15) is 4.79 Å². The van der Waals surface area contributed by atoms with Crippen molar-refractivity contribution in [2.45, 2.75) is 57.0 Å². The number of carbonyl (C=O) groups excluding carboxylic acids is 1. The van der Waals surface area contributed by atoms with E-state index in [1.54, 1.807) is 11.3 Å². The number of imidazole rings is 1. The maximum atomic E-state index is 13.7. The standard InChI is InChI=1S/C33H34N4OS/c38-33(34-20-24-10-4-3-5-11-24)31(25-12-6-1-2-7-13-25)26-16-18-27(19-17-26)32(29-21-39-23-36-29)37-22-35-28-14-8-9-15-30(28)37/h3-5,8-11,14-19,21-23,25,31-32H,1-2,6-7,12-13,20H2,(H,34,38). The van der Waals surface area contributed by atoms with E-state index in [0.29, 0.717) is 12.5 Å². The van der Waals surface area contributed by atoms with E-state index in [4.69, 9.17) is 0 Å². The number of nitrogens with zero attached hydrogens (tertiary/aromatic N) is 3. The molecule has 5 aromatic rings. The molecule has 0 spiro atoms. The molecular formula is C33H34N4OS. The highest BCUT2D eigenvalue weighted by Gasteiger charge is 2.31. The molecule has 1 aliphatic carbocycles. The lowest BCUT2D eigenvalue weighted by Crippen LogP contribution is -2.33. The predicted molar refractivity (Wildman–Crippen MR) is 158 cm³/mol. The number of aromatic nitrogens is 3. The molecule has 0 radical (unpaired) electrons. The molecule has 1 saturated carbocycles. The molecule has 2 aromatic heterocycles. The molecule has 2 atom stereocenters. The van der Waals surface area contributed by atoms with E-state index in [1.165, 1.54) is 25.7 Å². The molecule has 2 unspecified atom stereocenters. The van der Waals surface area contributed by atoms with Crippen LogP contribution in [0.1, 0.15) is 72.9 Å². The first-order valence-corrected chi connectivity index (χ1v) is 14.9. The van der Waals surface area contributed by atoms with Crippen molar-refractivity contribution in [1.82, 2.24) is 19.9 Å². The third-order valence-corrected chi connectivity index (χ3v) is 8.67. The molecule has 3 aromatic carbocycles. The number of nitrogens with one attached hydrogen (secondary N) is 1. The second kappa shape index (κ2) is 12.0. The summed E-state index contributed by atoms with van der Waals surface area (Å²) < 4.78 is 2.20. The highest BCUT2D eigenvalue weighted by atomic mass is 32.1. The number of fused-ring (bicyclic) bond motifs is 1. The maximum absolute atomic E-state index is 13.7. The number of hydrogen-bond donors (Lipinski definition) is 1. The Balaban J connectivity index is 1.32. The average Bonchev–Trinajstić information content (AvgIpc) is 3.59. The molecule has 39 heavy (non-hydrogen) atoms. The average molecular weight is 535 g/mol. The van der Waals surface area contributed by atoms with Crippen LogP contribution in [-0.4, -0.2) is 20.4 Å². The lowest BCUT2D eigenvalue weighted by atomic mass is 9.80. The van der Waals surface area contributed by atoms with Crippen molar-refractivity contribution in [3.8, 4) is 0 Å². The molecule has 6 rings (SSSR count). The Kier molecular flexibility index (Phi) is 7.82. The number of para-hydroxylation sites is 2. The lowest BCUT2D eigenvalue weighted by molar-refractivity contribution is -0.124. The molecule has 5 nitrogen and oxygen atoms in total. The quantitative estimate of drug-likeness (QED) is 0.210. The summed E-state index contributed by atoms with van der Waals surface area (Å²) in [6, 6.07) is 27.0. The molecule has 0 bridgehead atoms. The van der Waals surface area contributed by atoms with E-state index in [1.807, 2.05) is 48.2 Å². The molecule has 0 aliphatic heterocycles. The van der Waals surface area contributed by atoms with Gasteiger partial charge in [-0.05, 0) is 47.6 Å². The van der Waals surface area contributed by atoms with Crippen LogP contribution in [0, 0.1) is 5.92 Å². The summed E-state index contributed by atoms with van der Waals surface area (Å²) in [5.41, 5.74) is 8.29. The Morgan fingerprint density at radius 3 is 2.33 bits per heavy atom. The zero-order valence-electron chi connectivity index (χ0n) is 22.1. The van der Waals surface area contributed by atoms with Crippen molar-refractivity contribution in [1.29, 1.82) is 0 Å². The molecule has 0 saturated heterocycles. The second-order valence-corrected chi connectivity index (χ2v) is 11.3. The Hall–Kier alpha value is -3.77. The summed E-state index contributed by atoms with van der Waals surface area (Å²) in [5.74, 6) is 0.351. The first kappa shape index (κ1) is 25.5. The van der Waals surface area contributed by atoms with Crippen LogP contribution in [0.5, 0.6) is 0 Å². The van der Waals surface area contributed by atoms with Gasteiger partial charge in [-0.15, -0.1) is 11.3 Å². The summed E-state index contributed by atoms with van der Waals surface area (Å²) in [7, 11) is 0. The van der Waals surface area contributed by atoms with E-state index in [0.717, 1.165) is 46.3 Å². The predicted octanol–water partition coefficient (Wildman–Crippen LogP) is 7.50. The normalized spacial score (nSPS) is 16.0. The maximum Gasteiger partial charge on any atom is 0.228 e. The van der Waals surface area contributed by atoms with E-state index < -0.39 is 0 Å². The van der Waals surface area contributed by atoms with Crippen LogP contribution in [-0.2, 0) is 11.3 Å². The zero-order valence-corrected chi connectivity index (χ0v) is 22.9. The third-order valence-electron chi connectivity index (χ3n) is 8.07. The van der Waals surface area contributed by atoms with E-state index in [2.05, 4.69) is 67.7 Å². The number of hydrogen-bond acceptors (Lipinski definition) is 4. The van der Waals surface area contributed by atoms with Crippen molar-refractivity contribution in [3.05, 3.63) is 118 Å². The van der Waals surface area contributed by atoms with Gasteiger partial charge in [0, 0.05) is 11.9 Å². The van der Waals surface area contributed by atoms with Crippen LogP contribution in [0.15, 0.2) is 96.1 Å². The Morgan fingerprint density at radius 1 is 0.872 bits per heavy atom. The molecule has 6 heteroatoms. The number of benzene rings is 3. The Bertz CT molecular complexity index is 1490. The molecule has 1 amide bonds. The van der Waals surface area contributed by atoms with E-state index in [-0.39, 0.29) is 17.9 Å². The number of carbonyl (C=O) groups is 1. The van der Waals surface area contributed by atoms with Crippen LogP contribution in [0.3, 0.4) is 0 Å². The topological polar surface area (TPSA) is 59.8 Å². The van der Waals surface area contributed by atoms with Crippen LogP contribution in [0.2, 0.25) is 0 Å². The van der Waals surface area contributed by atoms with Gasteiger partial charge in [0.25, 0.3) is 0 Å².